The van der Waals surface area contributed by atoms with Crippen LogP contribution in [0.4, 0.5) is 4.39 Å². The Labute approximate surface area is 186 Å². The molecule has 3 aliphatic rings. The quantitative estimate of drug-likeness (QED) is 0.572. The van der Waals surface area contributed by atoms with Gasteiger partial charge in [0.25, 0.3) is 0 Å². The van der Waals surface area contributed by atoms with Gasteiger partial charge in [-0.05, 0) is 61.2 Å². The van der Waals surface area contributed by atoms with Gasteiger partial charge in [-0.2, -0.15) is 5.10 Å². The number of H-pyrrole nitrogens is 1. The molecular weight excluding hydrogens is 378 g/mol. The molecule has 8 heteroatoms. The van der Waals surface area contributed by atoms with Gasteiger partial charge in [0.05, 0.1) is 16.8 Å². The van der Waals surface area contributed by atoms with Crippen LogP contribution >= 0.6 is 0 Å². The number of rotatable bonds is 5. The number of carbonyl (C=O) groups is 1. The summed E-state index contributed by atoms with van der Waals surface area (Å²) in [5.74, 6) is -0.684. The van der Waals surface area contributed by atoms with Crippen LogP contribution in [0.25, 0.3) is 22.0 Å². The molecule has 3 aliphatic heterocycles. The minimum atomic E-state index is -1.01. The summed E-state index contributed by atoms with van der Waals surface area (Å²) in [7, 11) is 0. The Morgan fingerprint density at radius 3 is 2.57 bits per heavy atom. The van der Waals surface area contributed by atoms with Crippen LogP contribution in [0, 0.1) is 11.7 Å². The fraction of sp³-hybridized carbons (Fsp3) is 0.364. The zero-order valence-corrected chi connectivity index (χ0v) is 16.0. The molecule has 0 amide bonds. The number of aromatic nitrogens is 2. The first kappa shape index (κ1) is 21.1. The van der Waals surface area contributed by atoms with Crippen LogP contribution in [0.15, 0.2) is 36.4 Å². The molecule has 6 nitrogen and oxygen atoms in total. The van der Waals surface area contributed by atoms with Gasteiger partial charge in [-0.1, -0.05) is 18.2 Å². The molecule has 3 saturated heterocycles. The predicted octanol–water partition coefficient (Wildman–Crippen LogP) is 2.60. The Balaban J connectivity index is 0.00000218. The van der Waals surface area contributed by atoms with Gasteiger partial charge >= 0.3 is 24.8 Å². The van der Waals surface area contributed by atoms with Crippen LogP contribution in [0.1, 0.15) is 28.9 Å². The Morgan fingerprint density at radius 2 is 1.93 bits per heavy atom. The summed E-state index contributed by atoms with van der Waals surface area (Å²) in [6.07, 6.45) is 2.43. The fourth-order valence-corrected chi connectivity index (χ4v) is 4.82. The maximum atomic E-state index is 13.3. The molecule has 0 aliphatic carbocycles. The van der Waals surface area contributed by atoms with Gasteiger partial charge in [0.2, 0.25) is 0 Å². The molecule has 2 bridgehead atoms. The number of halogens is 1. The number of hydrogen-bond acceptors (Lipinski definition) is 4. The number of carboxylic acids is 1. The van der Waals surface area contributed by atoms with E-state index in [-0.39, 0.29) is 30.2 Å². The summed E-state index contributed by atoms with van der Waals surface area (Å²) >= 11 is 0. The first-order valence-corrected chi connectivity index (χ1v) is 10.0. The van der Waals surface area contributed by atoms with Crippen LogP contribution in [0.2, 0.25) is 0 Å². The summed E-state index contributed by atoms with van der Waals surface area (Å²) < 4.78 is 13.3. The van der Waals surface area contributed by atoms with E-state index in [0.717, 1.165) is 6.54 Å². The van der Waals surface area contributed by atoms with Crippen LogP contribution in [0.5, 0.6) is 0 Å². The van der Waals surface area contributed by atoms with Gasteiger partial charge in [-0.25, -0.2) is 9.18 Å². The molecule has 0 radical (unpaired) electrons. The molecule has 6 rings (SSSR count). The van der Waals surface area contributed by atoms with Crippen molar-refractivity contribution in [3.05, 3.63) is 53.5 Å². The van der Waals surface area contributed by atoms with Crippen molar-refractivity contribution in [3.63, 3.8) is 0 Å². The molecule has 0 spiro atoms. The average molecular weight is 402 g/mol. The first-order valence-electron chi connectivity index (χ1n) is 10.0. The summed E-state index contributed by atoms with van der Waals surface area (Å²) in [4.78, 5) is 14.7. The van der Waals surface area contributed by atoms with Crippen molar-refractivity contribution in [1.29, 1.82) is 0 Å². The summed E-state index contributed by atoms with van der Waals surface area (Å²) in [6, 6.07) is 9.90. The molecule has 3 fully saturated rings. The Kier molecular flexibility index (Phi) is 5.99. The van der Waals surface area contributed by atoms with E-state index in [4.69, 9.17) is 0 Å². The molecule has 2 aromatic carbocycles. The molecule has 3 aromatic rings. The molecule has 1 atom stereocenters. The maximum absolute atomic E-state index is 13.3. The molecule has 1 unspecified atom stereocenters. The Hall–Kier alpha value is -2.17. The summed E-state index contributed by atoms with van der Waals surface area (Å²) in [5.41, 5.74) is 2.84. The van der Waals surface area contributed by atoms with Crippen molar-refractivity contribution in [3.8, 4) is 11.1 Å². The van der Waals surface area contributed by atoms with Gasteiger partial charge in [0, 0.05) is 24.5 Å². The van der Waals surface area contributed by atoms with Crippen molar-refractivity contribution in [2.75, 3.05) is 19.6 Å². The van der Waals surface area contributed by atoms with Gasteiger partial charge in [0.15, 0.2) is 0 Å². The van der Waals surface area contributed by atoms with Crippen molar-refractivity contribution in [1.82, 2.24) is 20.4 Å². The number of carboxylic acid groups (broad SMARTS) is 1. The Bertz CT molecular complexity index is 1060. The topological polar surface area (TPSA) is 81.2 Å². The third kappa shape index (κ3) is 3.79. The SMILES string of the molecule is O=C(O)c1c(-c2ccc(F)cc2)ccc2[nH]nc(CNC3CN4CCC3CC4)c12.[LiH]. The number of hydrogen-bond donors (Lipinski definition) is 3. The first-order chi connectivity index (χ1) is 14.1. The third-order valence-electron chi connectivity index (χ3n) is 6.36. The van der Waals surface area contributed by atoms with Gasteiger partial charge in [0.1, 0.15) is 5.82 Å². The normalized spacial score (nSPS) is 22.8. The van der Waals surface area contributed by atoms with Crippen molar-refractivity contribution >= 4 is 35.7 Å². The van der Waals surface area contributed by atoms with E-state index in [0.29, 0.717) is 46.2 Å². The number of aromatic carboxylic acids is 1. The standard InChI is InChI=1S/C22H23FN4O2.Li.H/c23-15-3-1-13(2-4-15)16-5-6-17-21(20(16)22(28)29)18(26-25-17)11-24-19-12-27-9-7-14(19)8-10-27;;/h1-6,14,19,24H,7-12H2,(H,25,26)(H,28,29);;. The molecular formula is C22H24FLiN4O2. The van der Waals surface area contributed by atoms with Crippen molar-refractivity contribution in [2.24, 2.45) is 5.92 Å². The number of nitrogens with one attached hydrogen (secondary N) is 2. The number of nitrogens with zero attached hydrogens (tertiary/aromatic N) is 2. The van der Waals surface area contributed by atoms with Gasteiger partial charge in [-0.15, -0.1) is 0 Å². The molecule has 1 aromatic heterocycles. The van der Waals surface area contributed by atoms with Crippen LogP contribution in [0.3, 0.4) is 0 Å². The van der Waals surface area contributed by atoms with E-state index in [1.54, 1.807) is 18.2 Å². The fourth-order valence-electron chi connectivity index (χ4n) is 4.82. The molecule has 152 valence electrons. The van der Waals surface area contributed by atoms with Crippen LogP contribution in [-0.4, -0.2) is 70.7 Å². The van der Waals surface area contributed by atoms with Crippen molar-refractivity contribution < 1.29 is 14.3 Å². The van der Waals surface area contributed by atoms with E-state index >= 15 is 0 Å². The number of aromatic amines is 1. The van der Waals surface area contributed by atoms with Crippen LogP contribution < -0.4 is 5.32 Å². The Morgan fingerprint density at radius 1 is 1.20 bits per heavy atom. The number of benzene rings is 2. The second-order valence-electron chi connectivity index (χ2n) is 8.02. The van der Waals surface area contributed by atoms with E-state index in [1.165, 1.54) is 38.1 Å². The molecule has 4 heterocycles. The molecule has 0 saturated carbocycles. The second-order valence-corrected chi connectivity index (χ2v) is 8.02. The molecule has 3 N–H and O–H groups in total. The second kappa shape index (κ2) is 8.52. The predicted molar refractivity (Wildman–Crippen MR) is 115 cm³/mol. The van der Waals surface area contributed by atoms with Gasteiger partial charge in [-0.3, -0.25) is 5.10 Å². The molecule has 30 heavy (non-hydrogen) atoms. The van der Waals surface area contributed by atoms with Crippen molar-refractivity contribution in [2.45, 2.75) is 25.4 Å². The monoisotopic (exact) mass is 402 g/mol. The number of fused-ring (bicyclic) bond motifs is 4. The van der Waals surface area contributed by atoms with E-state index in [2.05, 4.69) is 20.4 Å². The number of piperidine rings is 3. The van der Waals surface area contributed by atoms with E-state index in [1.807, 2.05) is 6.07 Å². The minimum absolute atomic E-state index is 0. The van der Waals surface area contributed by atoms with Crippen LogP contribution in [-0.2, 0) is 6.54 Å². The van der Waals surface area contributed by atoms with E-state index < -0.39 is 5.97 Å². The zero-order chi connectivity index (χ0) is 20.0. The summed E-state index contributed by atoms with van der Waals surface area (Å²) in [6.45, 7) is 3.92. The third-order valence-corrected chi connectivity index (χ3v) is 6.36. The average Bonchev–Trinajstić information content (AvgIpc) is 3.16. The summed E-state index contributed by atoms with van der Waals surface area (Å²) in [5, 5.41) is 21.6. The van der Waals surface area contributed by atoms with Gasteiger partial charge < -0.3 is 15.3 Å². The van der Waals surface area contributed by atoms with E-state index in [9.17, 15) is 14.3 Å². The zero-order valence-electron chi connectivity index (χ0n) is 16.0.